The molecule has 0 spiro atoms. The minimum absolute atomic E-state index is 0.0678. The molecule has 0 unspecified atom stereocenters. The molecule has 110 valence electrons. The molecule has 21 heavy (non-hydrogen) atoms. The maximum Gasteiger partial charge on any atom is 0.251 e. The fourth-order valence-corrected chi connectivity index (χ4v) is 2.20. The molecule has 4 heteroatoms. The van der Waals surface area contributed by atoms with Gasteiger partial charge in [0.25, 0.3) is 5.91 Å². The molecule has 0 fully saturated rings. The zero-order valence-electron chi connectivity index (χ0n) is 12.3. The standard InChI is InChI=1S/C17H20N2O2/c1-12-5-3-6-13(2)16(12)17(20)19-9-10-21-15-8-4-7-14(18)11-15/h3-8,11H,9-10,18H2,1-2H3,(H,19,20). The van der Waals surface area contributed by atoms with Gasteiger partial charge in [-0.15, -0.1) is 0 Å². The Morgan fingerprint density at radius 1 is 1.14 bits per heavy atom. The van der Waals surface area contributed by atoms with Crippen LogP contribution in [-0.2, 0) is 0 Å². The van der Waals surface area contributed by atoms with E-state index in [0.717, 1.165) is 16.7 Å². The highest BCUT2D eigenvalue weighted by molar-refractivity contribution is 5.97. The Morgan fingerprint density at radius 3 is 2.48 bits per heavy atom. The molecule has 0 aliphatic rings. The third-order valence-electron chi connectivity index (χ3n) is 3.22. The zero-order chi connectivity index (χ0) is 15.2. The van der Waals surface area contributed by atoms with Gasteiger partial charge in [0.15, 0.2) is 0 Å². The van der Waals surface area contributed by atoms with Crippen molar-refractivity contribution in [2.45, 2.75) is 13.8 Å². The summed E-state index contributed by atoms with van der Waals surface area (Å²) in [6.45, 7) is 4.72. The molecule has 2 aromatic carbocycles. The van der Waals surface area contributed by atoms with Crippen molar-refractivity contribution in [3.05, 3.63) is 59.2 Å². The number of hydrogen-bond acceptors (Lipinski definition) is 3. The molecule has 0 aliphatic heterocycles. The molecule has 0 saturated carbocycles. The van der Waals surface area contributed by atoms with Crippen molar-refractivity contribution < 1.29 is 9.53 Å². The lowest BCUT2D eigenvalue weighted by Crippen LogP contribution is -2.29. The number of hydrogen-bond donors (Lipinski definition) is 2. The van der Waals surface area contributed by atoms with E-state index in [1.54, 1.807) is 12.1 Å². The second-order valence-electron chi connectivity index (χ2n) is 4.94. The summed E-state index contributed by atoms with van der Waals surface area (Å²) >= 11 is 0. The van der Waals surface area contributed by atoms with Crippen LogP contribution in [0.2, 0.25) is 0 Å². The average Bonchev–Trinajstić information content (AvgIpc) is 2.43. The molecule has 2 rings (SSSR count). The Hall–Kier alpha value is -2.49. The summed E-state index contributed by atoms with van der Waals surface area (Å²) in [5.74, 6) is 0.637. The van der Waals surface area contributed by atoms with Crippen molar-refractivity contribution >= 4 is 11.6 Å². The van der Waals surface area contributed by atoms with Gasteiger partial charge >= 0.3 is 0 Å². The number of benzene rings is 2. The number of carbonyl (C=O) groups is 1. The molecule has 0 saturated heterocycles. The first kappa shape index (κ1) is 14.9. The van der Waals surface area contributed by atoms with Gasteiger partial charge in [-0.3, -0.25) is 4.79 Å². The number of nitrogen functional groups attached to an aromatic ring is 1. The maximum atomic E-state index is 12.2. The van der Waals surface area contributed by atoms with Crippen LogP contribution >= 0.6 is 0 Å². The van der Waals surface area contributed by atoms with Crippen LogP contribution in [0, 0.1) is 13.8 Å². The van der Waals surface area contributed by atoms with Gasteiger partial charge in [0.1, 0.15) is 12.4 Å². The van der Waals surface area contributed by atoms with Gasteiger partial charge in [-0.25, -0.2) is 0 Å². The van der Waals surface area contributed by atoms with E-state index < -0.39 is 0 Å². The van der Waals surface area contributed by atoms with E-state index in [-0.39, 0.29) is 5.91 Å². The first-order valence-corrected chi connectivity index (χ1v) is 6.90. The second kappa shape index (κ2) is 6.79. The van der Waals surface area contributed by atoms with Gasteiger partial charge in [0.05, 0.1) is 6.54 Å². The van der Waals surface area contributed by atoms with Crippen LogP contribution < -0.4 is 15.8 Å². The van der Waals surface area contributed by atoms with Gasteiger partial charge in [-0.05, 0) is 37.1 Å². The molecule has 2 aromatic rings. The van der Waals surface area contributed by atoms with Crippen LogP contribution in [0.25, 0.3) is 0 Å². The molecule has 0 aromatic heterocycles. The fraction of sp³-hybridized carbons (Fsp3) is 0.235. The summed E-state index contributed by atoms with van der Waals surface area (Å²) in [6, 6.07) is 13.0. The van der Waals surface area contributed by atoms with E-state index in [9.17, 15) is 4.79 Å². The monoisotopic (exact) mass is 284 g/mol. The molecule has 3 N–H and O–H groups in total. The summed E-state index contributed by atoms with van der Waals surface area (Å²) in [5.41, 5.74) is 9.02. The van der Waals surface area contributed by atoms with Gasteiger partial charge in [0, 0.05) is 17.3 Å². The number of nitrogens with two attached hydrogens (primary N) is 1. The molecular formula is C17H20N2O2. The Morgan fingerprint density at radius 2 is 1.81 bits per heavy atom. The molecule has 0 aliphatic carbocycles. The summed E-state index contributed by atoms with van der Waals surface area (Å²) in [5, 5.41) is 2.87. The zero-order valence-corrected chi connectivity index (χ0v) is 12.3. The topological polar surface area (TPSA) is 64.3 Å². The number of rotatable bonds is 5. The van der Waals surface area contributed by atoms with Crippen molar-refractivity contribution in [1.82, 2.24) is 5.32 Å². The molecular weight excluding hydrogens is 264 g/mol. The van der Waals surface area contributed by atoms with Crippen molar-refractivity contribution in [3.8, 4) is 5.75 Å². The highest BCUT2D eigenvalue weighted by Crippen LogP contribution is 2.14. The number of ether oxygens (including phenoxy) is 1. The molecule has 0 heterocycles. The van der Waals surface area contributed by atoms with Gasteiger partial charge in [-0.2, -0.15) is 0 Å². The SMILES string of the molecule is Cc1cccc(C)c1C(=O)NCCOc1cccc(N)c1. The molecule has 0 radical (unpaired) electrons. The summed E-state index contributed by atoms with van der Waals surface area (Å²) in [7, 11) is 0. The average molecular weight is 284 g/mol. The van der Waals surface area contributed by atoms with Crippen LogP contribution in [0.5, 0.6) is 5.75 Å². The predicted molar refractivity (Wildman–Crippen MR) is 84.6 cm³/mol. The smallest absolute Gasteiger partial charge is 0.251 e. The number of anilines is 1. The van der Waals surface area contributed by atoms with E-state index >= 15 is 0 Å². The Kier molecular flexibility index (Phi) is 4.82. The van der Waals surface area contributed by atoms with E-state index in [0.29, 0.717) is 24.6 Å². The molecule has 0 atom stereocenters. The van der Waals surface area contributed by atoms with Crippen molar-refractivity contribution in [1.29, 1.82) is 0 Å². The van der Waals surface area contributed by atoms with Crippen molar-refractivity contribution in [2.75, 3.05) is 18.9 Å². The molecule has 4 nitrogen and oxygen atoms in total. The number of carbonyl (C=O) groups excluding carboxylic acids is 1. The highest BCUT2D eigenvalue weighted by Gasteiger charge is 2.10. The van der Waals surface area contributed by atoms with E-state index in [1.807, 2.05) is 44.2 Å². The van der Waals surface area contributed by atoms with Gasteiger partial charge in [0.2, 0.25) is 0 Å². The lowest BCUT2D eigenvalue weighted by atomic mass is 10.0. The summed E-state index contributed by atoms with van der Waals surface area (Å²) < 4.78 is 5.54. The third-order valence-corrected chi connectivity index (χ3v) is 3.22. The third kappa shape index (κ3) is 3.99. The Bertz CT molecular complexity index is 618. The largest absolute Gasteiger partial charge is 0.492 e. The highest BCUT2D eigenvalue weighted by atomic mass is 16.5. The number of amides is 1. The maximum absolute atomic E-state index is 12.2. The Labute approximate surface area is 124 Å². The van der Waals surface area contributed by atoms with Crippen molar-refractivity contribution in [3.63, 3.8) is 0 Å². The quantitative estimate of drug-likeness (QED) is 0.655. The predicted octanol–water partition coefficient (Wildman–Crippen LogP) is 2.69. The van der Waals surface area contributed by atoms with Crippen LogP contribution in [0.15, 0.2) is 42.5 Å². The lowest BCUT2D eigenvalue weighted by Gasteiger charge is -2.11. The first-order chi connectivity index (χ1) is 10.1. The van der Waals surface area contributed by atoms with E-state index in [2.05, 4.69) is 5.32 Å². The fourth-order valence-electron chi connectivity index (χ4n) is 2.20. The Balaban J connectivity index is 1.85. The van der Waals surface area contributed by atoms with Crippen LogP contribution in [-0.4, -0.2) is 19.1 Å². The van der Waals surface area contributed by atoms with Gasteiger partial charge < -0.3 is 15.8 Å². The van der Waals surface area contributed by atoms with Gasteiger partial charge in [-0.1, -0.05) is 24.3 Å². The molecule has 1 amide bonds. The number of nitrogens with one attached hydrogen (secondary N) is 1. The van der Waals surface area contributed by atoms with Crippen molar-refractivity contribution in [2.24, 2.45) is 0 Å². The van der Waals surface area contributed by atoms with E-state index in [4.69, 9.17) is 10.5 Å². The van der Waals surface area contributed by atoms with Crippen LogP contribution in [0.4, 0.5) is 5.69 Å². The summed E-state index contributed by atoms with van der Waals surface area (Å²) in [4.78, 5) is 12.2. The lowest BCUT2D eigenvalue weighted by molar-refractivity contribution is 0.0946. The minimum Gasteiger partial charge on any atom is -0.492 e. The second-order valence-corrected chi connectivity index (χ2v) is 4.94. The van der Waals surface area contributed by atoms with Crippen LogP contribution in [0.1, 0.15) is 21.5 Å². The molecule has 0 bridgehead atoms. The normalized spacial score (nSPS) is 10.2. The van der Waals surface area contributed by atoms with E-state index in [1.165, 1.54) is 0 Å². The number of aryl methyl sites for hydroxylation is 2. The first-order valence-electron chi connectivity index (χ1n) is 6.90. The van der Waals surface area contributed by atoms with Crippen LogP contribution in [0.3, 0.4) is 0 Å². The summed E-state index contributed by atoms with van der Waals surface area (Å²) in [6.07, 6.45) is 0. The minimum atomic E-state index is -0.0678.